The van der Waals surface area contributed by atoms with E-state index in [1.807, 2.05) is 57.3 Å². The number of Topliss-reactive ketones (excluding diaryl/α,β-unsaturated/α-hetero) is 2. The highest BCUT2D eigenvalue weighted by Gasteiger charge is 2.63. The maximum atomic E-state index is 14.0. The Labute approximate surface area is 387 Å². The molecule has 1 aromatic heterocycles. The van der Waals surface area contributed by atoms with Crippen molar-refractivity contribution in [3.8, 4) is 23.3 Å². The largest absolute Gasteiger partial charge is 0.494 e. The number of amides is 2. The van der Waals surface area contributed by atoms with E-state index in [1.165, 1.54) is 4.90 Å². The van der Waals surface area contributed by atoms with Crippen molar-refractivity contribution in [2.45, 2.75) is 111 Å². The fourth-order valence-electron chi connectivity index (χ4n) is 9.56. The van der Waals surface area contributed by atoms with Crippen molar-refractivity contribution in [2.75, 3.05) is 26.4 Å². The number of halogens is 1. The lowest BCUT2D eigenvalue weighted by molar-refractivity contribution is -0.196. The van der Waals surface area contributed by atoms with Crippen LogP contribution in [0.25, 0.3) is 5.69 Å². The molecule has 1 aliphatic heterocycles. The Morgan fingerprint density at radius 3 is 2.28 bits per heavy atom. The van der Waals surface area contributed by atoms with Crippen molar-refractivity contribution >= 4 is 35.0 Å². The fraction of sp³-hybridized carbons (Fsp3) is 0.490. The van der Waals surface area contributed by atoms with Crippen molar-refractivity contribution in [3.63, 3.8) is 0 Å². The Morgan fingerprint density at radius 1 is 0.969 bits per heavy atom. The zero-order valence-electron chi connectivity index (χ0n) is 38.5. The van der Waals surface area contributed by atoms with Gasteiger partial charge in [0, 0.05) is 67.3 Å². The lowest BCUT2D eigenvalue weighted by atomic mass is 9.44. The molecule has 2 heterocycles. The third kappa shape index (κ3) is 11.8. The summed E-state index contributed by atoms with van der Waals surface area (Å²) < 4.78 is 19.7. The lowest BCUT2D eigenvalue weighted by Gasteiger charge is -2.63. The molecule has 4 aromatic rings. The summed E-state index contributed by atoms with van der Waals surface area (Å²) in [5.74, 6) is 0.375. The normalized spacial score (nSPS) is 20.3. The molecular formula is C51H62ClN5O8. The number of nitrogens with zero attached hydrogens (tertiary/aromatic N) is 4. The highest BCUT2D eigenvalue weighted by molar-refractivity contribution is 6.31. The van der Waals surface area contributed by atoms with Gasteiger partial charge < -0.3 is 29.5 Å². The second kappa shape index (κ2) is 20.7. The summed E-state index contributed by atoms with van der Waals surface area (Å²) in [5, 5.41) is 27.2. The molecule has 2 amide bonds. The van der Waals surface area contributed by atoms with E-state index in [4.69, 9.17) is 25.8 Å². The van der Waals surface area contributed by atoms with Crippen LogP contribution >= 0.6 is 11.6 Å². The third-order valence-electron chi connectivity index (χ3n) is 12.9. The number of nitrogens with one attached hydrogen (secondary N) is 1. The second-order valence-electron chi connectivity index (χ2n) is 19.6. The SMILES string of the molecule is CC1(C)C(CC(=O)c2ccc(OCCCCOCC(=O)N[C@H](C(=O)N3C[C@H](O)C[C@H]3C(=O)CCc3ccc(-n4cccn4)cc3)C(C)(C)C)cc2)C(C)(C)C1Oc1ccc(C#N)c(Cl)c1. The van der Waals surface area contributed by atoms with Crippen LogP contribution in [0.15, 0.2) is 85.2 Å². The van der Waals surface area contributed by atoms with E-state index in [2.05, 4.69) is 44.2 Å². The van der Waals surface area contributed by atoms with E-state index in [0.717, 1.165) is 11.3 Å². The molecule has 0 spiro atoms. The number of unbranched alkanes of at least 4 members (excludes halogenated alkanes) is 1. The number of aliphatic hydroxyl groups is 1. The van der Waals surface area contributed by atoms with E-state index in [-0.39, 0.29) is 60.4 Å². The lowest BCUT2D eigenvalue weighted by Crippen LogP contribution is -2.66. The molecule has 346 valence electrons. The molecule has 3 aromatic carbocycles. The van der Waals surface area contributed by atoms with E-state index < -0.39 is 35.4 Å². The quantitative estimate of drug-likeness (QED) is 0.0654. The van der Waals surface area contributed by atoms with Crippen molar-refractivity contribution in [1.82, 2.24) is 20.0 Å². The maximum absolute atomic E-state index is 14.0. The molecule has 14 heteroatoms. The minimum Gasteiger partial charge on any atom is -0.494 e. The molecule has 65 heavy (non-hydrogen) atoms. The summed E-state index contributed by atoms with van der Waals surface area (Å²) in [6.45, 7) is 14.5. The zero-order chi connectivity index (χ0) is 47.1. The highest BCUT2D eigenvalue weighted by atomic mass is 35.5. The van der Waals surface area contributed by atoms with E-state index in [0.29, 0.717) is 66.5 Å². The molecule has 0 radical (unpaired) electrons. The van der Waals surface area contributed by atoms with Gasteiger partial charge in [0.2, 0.25) is 11.8 Å². The van der Waals surface area contributed by atoms with Crippen molar-refractivity contribution in [3.05, 3.63) is 107 Å². The molecule has 3 atom stereocenters. The first-order valence-electron chi connectivity index (χ1n) is 22.4. The number of ketones is 2. The van der Waals surface area contributed by atoms with Crippen LogP contribution in [-0.4, -0.2) is 93.8 Å². The highest BCUT2D eigenvalue weighted by Crippen LogP contribution is 2.61. The van der Waals surface area contributed by atoms with E-state index in [1.54, 1.807) is 53.3 Å². The van der Waals surface area contributed by atoms with Crippen molar-refractivity contribution in [2.24, 2.45) is 22.2 Å². The van der Waals surface area contributed by atoms with Gasteiger partial charge in [-0.25, -0.2) is 4.68 Å². The summed E-state index contributed by atoms with van der Waals surface area (Å²) >= 11 is 6.24. The average molecular weight is 909 g/mol. The molecule has 1 saturated heterocycles. The Morgan fingerprint density at radius 2 is 1.65 bits per heavy atom. The molecule has 6 rings (SSSR count). The van der Waals surface area contributed by atoms with Crippen LogP contribution in [0.2, 0.25) is 5.02 Å². The number of carbonyl (C=O) groups excluding carboxylic acids is 4. The van der Waals surface area contributed by atoms with Crippen molar-refractivity contribution in [1.29, 1.82) is 5.26 Å². The third-order valence-corrected chi connectivity index (χ3v) is 13.2. The Hall–Kier alpha value is -5.55. The summed E-state index contributed by atoms with van der Waals surface area (Å²) in [4.78, 5) is 55.4. The van der Waals surface area contributed by atoms with Crippen LogP contribution < -0.4 is 14.8 Å². The van der Waals surface area contributed by atoms with Crippen LogP contribution in [0.3, 0.4) is 0 Å². The van der Waals surface area contributed by atoms with E-state index >= 15 is 0 Å². The number of hydrogen-bond acceptors (Lipinski definition) is 10. The second-order valence-corrected chi connectivity index (χ2v) is 20.0. The molecule has 2 fully saturated rings. The molecule has 1 saturated carbocycles. The first kappa shape index (κ1) is 48.9. The number of aliphatic hydroxyl groups excluding tert-OH is 1. The monoisotopic (exact) mass is 907 g/mol. The van der Waals surface area contributed by atoms with Gasteiger partial charge in [0.15, 0.2) is 11.6 Å². The van der Waals surface area contributed by atoms with Gasteiger partial charge in [-0.2, -0.15) is 10.4 Å². The van der Waals surface area contributed by atoms with Crippen LogP contribution in [0.1, 0.15) is 102 Å². The molecular weight excluding hydrogens is 846 g/mol. The van der Waals surface area contributed by atoms with Gasteiger partial charge in [-0.3, -0.25) is 19.2 Å². The van der Waals surface area contributed by atoms with Gasteiger partial charge in [0.1, 0.15) is 36.3 Å². The summed E-state index contributed by atoms with van der Waals surface area (Å²) in [6, 6.07) is 22.2. The molecule has 2 N–H and O–H groups in total. The van der Waals surface area contributed by atoms with Gasteiger partial charge in [-0.05, 0) is 90.8 Å². The number of β-amino-alcohol motifs (C(OH)–C–C–N with tert-alkyl or cyclic N) is 1. The smallest absolute Gasteiger partial charge is 0.246 e. The predicted octanol–water partition coefficient (Wildman–Crippen LogP) is 7.97. The number of nitriles is 1. The maximum Gasteiger partial charge on any atom is 0.246 e. The van der Waals surface area contributed by atoms with Crippen LogP contribution in [-0.2, 0) is 25.5 Å². The average Bonchev–Trinajstić information content (AvgIpc) is 3.96. The fourth-order valence-corrected chi connectivity index (χ4v) is 9.78. The van der Waals surface area contributed by atoms with Crippen LogP contribution in [0.4, 0.5) is 0 Å². The van der Waals surface area contributed by atoms with Gasteiger partial charge in [-0.15, -0.1) is 0 Å². The molecule has 0 unspecified atom stereocenters. The van der Waals surface area contributed by atoms with Crippen LogP contribution in [0, 0.1) is 33.5 Å². The first-order chi connectivity index (χ1) is 30.8. The summed E-state index contributed by atoms with van der Waals surface area (Å²) in [6.07, 6.45) is 5.09. The summed E-state index contributed by atoms with van der Waals surface area (Å²) in [5.41, 5.74) is 1.64. The number of rotatable bonds is 20. The minimum atomic E-state index is -0.936. The number of carbonyl (C=O) groups is 4. The molecule has 13 nitrogen and oxygen atoms in total. The number of benzene rings is 3. The Bertz CT molecular complexity index is 2320. The van der Waals surface area contributed by atoms with Gasteiger partial charge >= 0.3 is 0 Å². The van der Waals surface area contributed by atoms with Gasteiger partial charge in [0.05, 0.1) is 35.0 Å². The topological polar surface area (TPSA) is 173 Å². The van der Waals surface area contributed by atoms with E-state index in [9.17, 15) is 29.5 Å². The molecule has 0 bridgehead atoms. The number of aromatic nitrogens is 2. The number of likely N-dealkylation sites (tertiary alicyclic amines) is 1. The Kier molecular flexibility index (Phi) is 15.6. The minimum absolute atomic E-state index is 0.0195. The number of ether oxygens (including phenoxy) is 3. The molecule has 1 aliphatic carbocycles. The van der Waals surface area contributed by atoms with Gasteiger partial charge in [-0.1, -0.05) is 72.2 Å². The summed E-state index contributed by atoms with van der Waals surface area (Å²) in [7, 11) is 0. The zero-order valence-corrected chi connectivity index (χ0v) is 39.3. The predicted molar refractivity (Wildman–Crippen MR) is 247 cm³/mol. The molecule has 2 aliphatic rings. The first-order valence-corrected chi connectivity index (χ1v) is 22.8. The van der Waals surface area contributed by atoms with Gasteiger partial charge in [0.25, 0.3) is 0 Å². The standard InChI is InChI=1S/C51H62ClN5O8/c1-49(2,3)46(47(62)56-31-37(58)27-41(56)42(59)22-13-33-11-17-36(18-12-33)57-24-10-23-54-57)55-45(61)32-63-25-8-9-26-64-38-19-14-34(15-20-38)43(60)29-44-50(4,5)48(51(44,6)7)65-39-21-16-35(30-53)40(52)28-39/h10-12,14-21,23-24,28,37,41,44,46,48,58H,8-9,13,22,25-27,29,31-32H2,1-7H3,(H,55,61)/t37-,41+,44?,46-,48?/m1/s1. The van der Waals surface area contributed by atoms with Crippen molar-refractivity contribution < 1.29 is 38.5 Å². The van der Waals surface area contributed by atoms with Crippen LogP contribution in [0.5, 0.6) is 11.5 Å². The number of aryl methyl sites for hydroxylation is 1. The number of hydrogen-bond donors (Lipinski definition) is 2. The Balaban J connectivity index is 0.893.